The third kappa shape index (κ3) is 4.82. The number of nitriles is 1. The van der Waals surface area contributed by atoms with Crippen molar-refractivity contribution >= 4 is 0 Å². The fourth-order valence-corrected chi connectivity index (χ4v) is 2.80. The minimum atomic E-state index is -0.477. The first-order chi connectivity index (χ1) is 10.1. The van der Waals surface area contributed by atoms with Crippen molar-refractivity contribution in [1.29, 1.82) is 5.26 Å². The molecule has 1 fully saturated rings. The van der Waals surface area contributed by atoms with E-state index in [9.17, 15) is 5.11 Å². The zero-order chi connectivity index (χ0) is 15.2. The number of aliphatic hydroxyl groups is 1. The lowest BCUT2D eigenvalue weighted by atomic mass is 10.1. The average molecular weight is 287 g/mol. The summed E-state index contributed by atoms with van der Waals surface area (Å²) in [5.74, 6) is 0.709. The number of hydrogen-bond acceptors (Lipinski definition) is 4. The van der Waals surface area contributed by atoms with Crippen LogP contribution in [0.15, 0.2) is 24.3 Å². The second-order valence-electron chi connectivity index (χ2n) is 6.24. The first kappa shape index (κ1) is 16.0. The highest BCUT2D eigenvalue weighted by Gasteiger charge is 2.20. The molecule has 21 heavy (non-hydrogen) atoms. The Bertz CT molecular complexity index is 470. The van der Waals surface area contributed by atoms with Crippen LogP contribution in [0.5, 0.6) is 0 Å². The molecule has 1 saturated heterocycles. The largest absolute Gasteiger partial charge is 0.387 e. The van der Waals surface area contributed by atoms with E-state index in [0.717, 1.165) is 38.3 Å². The van der Waals surface area contributed by atoms with Gasteiger partial charge >= 0.3 is 0 Å². The van der Waals surface area contributed by atoms with Crippen molar-refractivity contribution in [2.75, 3.05) is 39.3 Å². The Morgan fingerprint density at radius 1 is 1.05 bits per heavy atom. The Morgan fingerprint density at radius 2 is 1.57 bits per heavy atom. The summed E-state index contributed by atoms with van der Waals surface area (Å²) in [7, 11) is 0. The van der Waals surface area contributed by atoms with Gasteiger partial charge in [-0.05, 0) is 23.6 Å². The summed E-state index contributed by atoms with van der Waals surface area (Å²) < 4.78 is 0. The molecule has 0 aromatic heterocycles. The molecule has 0 bridgehead atoms. The molecule has 4 nitrogen and oxygen atoms in total. The van der Waals surface area contributed by atoms with Crippen LogP contribution in [-0.4, -0.2) is 54.2 Å². The van der Waals surface area contributed by atoms with Gasteiger partial charge in [0.2, 0.25) is 0 Å². The van der Waals surface area contributed by atoms with E-state index >= 15 is 0 Å². The Morgan fingerprint density at radius 3 is 2.05 bits per heavy atom. The number of aliphatic hydroxyl groups excluding tert-OH is 1. The second-order valence-corrected chi connectivity index (χ2v) is 6.24. The summed E-state index contributed by atoms with van der Waals surface area (Å²) in [5.41, 5.74) is 1.52. The number of piperazine rings is 1. The molecule has 1 unspecified atom stereocenters. The molecule has 1 aromatic carbocycles. The average Bonchev–Trinajstić information content (AvgIpc) is 2.49. The summed E-state index contributed by atoms with van der Waals surface area (Å²) in [5, 5.41) is 19.1. The van der Waals surface area contributed by atoms with Crippen molar-refractivity contribution < 1.29 is 5.11 Å². The van der Waals surface area contributed by atoms with Crippen molar-refractivity contribution in [3.63, 3.8) is 0 Å². The van der Waals surface area contributed by atoms with Gasteiger partial charge < -0.3 is 10.0 Å². The number of β-amino-alcohol motifs (C(OH)–C–C–N with tert-alkyl or cyclic N) is 1. The fourth-order valence-electron chi connectivity index (χ4n) is 2.80. The van der Waals surface area contributed by atoms with E-state index in [1.165, 1.54) is 0 Å². The van der Waals surface area contributed by atoms with Gasteiger partial charge in [-0.1, -0.05) is 26.0 Å². The van der Waals surface area contributed by atoms with Crippen LogP contribution in [0.3, 0.4) is 0 Å². The molecule has 1 aliphatic heterocycles. The smallest absolute Gasteiger partial charge is 0.0991 e. The topological polar surface area (TPSA) is 50.5 Å². The van der Waals surface area contributed by atoms with E-state index in [4.69, 9.17) is 5.26 Å². The van der Waals surface area contributed by atoms with Gasteiger partial charge in [-0.25, -0.2) is 0 Å². The maximum absolute atomic E-state index is 10.3. The predicted octanol–water partition coefficient (Wildman–Crippen LogP) is 1.87. The van der Waals surface area contributed by atoms with Crippen molar-refractivity contribution in [2.24, 2.45) is 5.92 Å². The highest BCUT2D eigenvalue weighted by molar-refractivity contribution is 5.32. The lowest BCUT2D eigenvalue weighted by molar-refractivity contribution is 0.0687. The standard InChI is InChI=1S/C17H25N3O/c1-14(2)12-19-7-9-20(10-8-19)13-17(21)16-5-3-15(11-18)4-6-16/h3-6,14,17,21H,7-10,12-13H2,1-2H3. The van der Waals surface area contributed by atoms with Gasteiger partial charge in [0.25, 0.3) is 0 Å². The van der Waals surface area contributed by atoms with Gasteiger partial charge in [0.15, 0.2) is 0 Å². The molecule has 114 valence electrons. The summed E-state index contributed by atoms with van der Waals surface area (Å²) in [6.45, 7) is 10.5. The van der Waals surface area contributed by atoms with Gasteiger partial charge in [-0.3, -0.25) is 4.90 Å². The lowest BCUT2D eigenvalue weighted by Gasteiger charge is -2.36. The Balaban J connectivity index is 1.81. The highest BCUT2D eigenvalue weighted by atomic mass is 16.3. The molecule has 0 radical (unpaired) electrons. The molecule has 1 N–H and O–H groups in total. The van der Waals surface area contributed by atoms with Crippen LogP contribution < -0.4 is 0 Å². The Hall–Kier alpha value is -1.41. The van der Waals surface area contributed by atoms with Crippen LogP contribution in [0.1, 0.15) is 31.1 Å². The van der Waals surface area contributed by atoms with E-state index in [2.05, 4.69) is 29.7 Å². The maximum atomic E-state index is 10.3. The SMILES string of the molecule is CC(C)CN1CCN(CC(O)c2ccc(C#N)cc2)CC1. The minimum absolute atomic E-state index is 0.477. The molecule has 0 amide bonds. The zero-order valence-electron chi connectivity index (χ0n) is 13.0. The monoisotopic (exact) mass is 287 g/mol. The molecule has 2 rings (SSSR count). The third-order valence-corrected chi connectivity index (χ3v) is 3.94. The Labute approximate surface area is 127 Å². The minimum Gasteiger partial charge on any atom is -0.387 e. The molecule has 4 heteroatoms. The molecule has 1 atom stereocenters. The quantitative estimate of drug-likeness (QED) is 0.898. The second kappa shape index (κ2) is 7.56. The van der Waals surface area contributed by atoms with E-state index in [1.807, 2.05) is 12.1 Å². The van der Waals surface area contributed by atoms with Crippen LogP contribution in [0.4, 0.5) is 0 Å². The zero-order valence-corrected chi connectivity index (χ0v) is 13.0. The number of benzene rings is 1. The summed E-state index contributed by atoms with van der Waals surface area (Å²) >= 11 is 0. The van der Waals surface area contributed by atoms with Crippen molar-refractivity contribution in [1.82, 2.24) is 9.80 Å². The summed E-state index contributed by atoms with van der Waals surface area (Å²) in [4.78, 5) is 4.81. The highest BCUT2D eigenvalue weighted by Crippen LogP contribution is 2.16. The van der Waals surface area contributed by atoms with Gasteiger partial charge in [0.1, 0.15) is 0 Å². The van der Waals surface area contributed by atoms with Crippen molar-refractivity contribution in [3.8, 4) is 6.07 Å². The molecular formula is C17H25N3O. The van der Waals surface area contributed by atoms with E-state index in [-0.39, 0.29) is 0 Å². The normalized spacial score (nSPS) is 18.6. The molecule has 0 aliphatic carbocycles. The van der Waals surface area contributed by atoms with Crippen LogP contribution in [0.2, 0.25) is 0 Å². The third-order valence-electron chi connectivity index (χ3n) is 3.94. The first-order valence-electron chi connectivity index (χ1n) is 7.71. The van der Waals surface area contributed by atoms with Crippen LogP contribution >= 0.6 is 0 Å². The van der Waals surface area contributed by atoms with Crippen LogP contribution in [0, 0.1) is 17.2 Å². The van der Waals surface area contributed by atoms with Crippen LogP contribution in [-0.2, 0) is 0 Å². The Kier molecular flexibility index (Phi) is 5.75. The van der Waals surface area contributed by atoms with Crippen molar-refractivity contribution in [3.05, 3.63) is 35.4 Å². The summed E-state index contributed by atoms with van der Waals surface area (Å²) in [6, 6.07) is 9.31. The van der Waals surface area contributed by atoms with Gasteiger partial charge in [-0.15, -0.1) is 0 Å². The fraction of sp³-hybridized carbons (Fsp3) is 0.588. The van der Waals surface area contributed by atoms with Gasteiger partial charge in [0.05, 0.1) is 17.7 Å². The van der Waals surface area contributed by atoms with Crippen molar-refractivity contribution in [2.45, 2.75) is 20.0 Å². The number of hydrogen-bond donors (Lipinski definition) is 1. The molecule has 0 spiro atoms. The molecular weight excluding hydrogens is 262 g/mol. The first-order valence-corrected chi connectivity index (χ1v) is 7.71. The molecule has 1 heterocycles. The van der Waals surface area contributed by atoms with E-state index < -0.39 is 6.10 Å². The van der Waals surface area contributed by atoms with E-state index in [0.29, 0.717) is 18.0 Å². The number of rotatable bonds is 5. The van der Waals surface area contributed by atoms with Gasteiger partial charge in [0, 0.05) is 39.3 Å². The maximum Gasteiger partial charge on any atom is 0.0991 e. The predicted molar refractivity (Wildman–Crippen MR) is 83.8 cm³/mol. The van der Waals surface area contributed by atoms with E-state index in [1.54, 1.807) is 12.1 Å². The molecule has 1 aromatic rings. The number of nitrogens with zero attached hydrogens (tertiary/aromatic N) is 3. The lowest BCUT2D eigenvalue weighted by Crippen LogP contribution is -2.48. The molecule has 1 aliphatic rings. The summed E-state index contributed by atoms with van der Waals surface area (Å²) in [6.07, 6.45) is -0.477. The van der Waals surface area contributed by atoms with Crippen LogP contribution in [0.25, 0.3) is 0 Å². The van der Waals surface area contributed by atoms with Gasteiger partial charge in [-0.2, -0.15) is 5.26 Å². The molecule has 0 saturated carbocycles.